The van der Waals surface area contributed by atoms with Crippen LogP contribution in [0.4, 0.5) is 0 Å². The smallest absolute Gasteiger partial charge is 0.0417 e. The zero-order chi connectivity index (χ0) is 6.69. The summed E-state index contributed by atoms with van der Waals surface area (Å²) < 4.78 is 0. The topological polar surface area (TPSA) is 26.0 Å². The number of hydrogen-bond acceptors (Lipinski definition) is 2. The van der Waals surface area contributed by atoms with Crippen molar-refractivity contribution in [2.75, 3.05) is 0 Å². The summed E-state index contributed by atoms with van der Waals surface area (Å²) >= 11 is 6.85. The fourth-order valence-electron chi connectivity index (χ4n) is 0.540. The molecule has 9 heavy (non-hydrogen) atoms. The van der Waals surface area contributed by atoms with Crippen molar-refractivity contribution in [3.8, 4) is 0 Å². The van der Waals surface area contributed by atoms with E-state index in [1.54, 1.807) is 0 Å². The molecular formula is C6H6ClNS. The van der Waals surface area contributed by atoms with E-state index in [2.05, 4.69) is 0 Å². The van der Waals surface area contributed by atoms with Gasteiger partial charge < -0.3 is 0 Å². The molecule has 0 unspecified atom stereocenters. The van der Waals surface area contributed by atoms with E-state index in [4.69, 9.17) is 16.7 Å². The molecule has 3 heteroatoms. The Morgan fingerprint density at radius 3 is 2.67 bits per heavy atom. The Hall–Kier alpha value is -0.180. The number of hydrogen-bond donors (Lipinski definition) is 1. The van der Waals surface area contributed by atoms with Gasteiger partial charge in [0.25, 0.3) is 0 Å². The zero-order valence-corrected chi connectivity index (χ0v) is 6.25. The van der Waals surface area contributed by atoms with Crippen LogP contribution < -0.4 is 5.14 Å². The van der Waals surface area contributed by atoms with Gasteiger partial charge in [-0.15, -0.1) is 0 Å². The highest BCUT2D eigenvalue weighted by molar-refractivity contribution is 7.97. The molecule has 0 saturated carbocycles. The minimum Gasteiger partial charge on any atom is -0.274 e. The second-order valence-electron chi connectivity index (χ2n) is 1.58. The van der Waals surface area contributed by atoms with Crippen molar-refractivity contribution >= 4 is 23.5 Å². The molecule has 1 rings (SSSR count). The van der Waals surface area contributed by atoms with Crippen LogP contribution in [0, 0.1) is 0 Å². The average molecular weight is 160 g/mol. The molecule has 0 bridgehead atoms. The van der Waals surface area contributed by atoms with Gasteiger partial charge >= 0.3 is 0 Å². The first-order chi connectivity index (χ1) is 4.33. The molecule has 0 aliphatic heterocycles. The Morgan fingerprint density at radius 2 is 2.22 bits per heavy atom. The first kappa shape index (κ1) is 6.93. The normalized spacial score (nSPS) is 9.56. The fraction of sp³-hybridized carbons (Fsp3) is 0. The predicted molar refractivity (Wildman–Crippen MR) is 41.5 cm³/mol. The van der Waals surface area contributed by atoms with Crippen LogP contribution in [0.5, 0.6) is 0 Å². The summed E-state index contributed by atoms with van der Waals surface area (Å²) in [6.45, 7) is 0. The molecule has 1 aromatic carbocycles. The molecule has 0 atom stereocenters. The first-order valence-electron chi connectivity index (χ1n) is 2.45. The van der Waals surface area contributed by atoms with Crippen molar-refractivity contribution in [1.29, 1.82) is 0 Å². The lowest BCUT2D eigenvalue weighted by Gasteiger charge is -1.92. The maximum atomic E-state index is 5.65. The van der Waals surface area contributed by atoms with E-state index in [-0.39, 0.29) is 0 Å². The van der Waals surface area contributed by atoms with Crippen molar-refractivity contribution in [2.45, 2.75) is 4.90 Å². The van der Waals surface area contributed by atoms with Gasteiger partial charge in [-0.1, -0.05) is 17.7 Å². The Morgan fingerprint density at radius 1 is 1.44 bits per heavy atom. The van der Waals surface area contributed by atoms with Gasteiger partial charge in [0, 0.05) is 9.92 Å². The summed E-state index contributed by atoms with van der Waals surface area (Å²) in [5.41, 5.74) is 0. The van der Waals surface area contributed by atoms with Crippen LogP contribution >= 0.6 is 23.5 Å². The van der Waals surface area contributed by atoms with Gasteiger partial charge in [-0.2, -0.15) is 0 Å². The second kappa shape index (κ2) is 3.11. The van der Waals surface area contributed by atoms with E-state index >= 15 is 0 Å². The maximum Gasteiger partial charge on any atom is 0.0417 e. The summed E-state index contributed by atoms with van der Waals surface area (Å²) in [5, 5.41) is 6.00. The van der Waals surface area contributed by atoms with Gasteiger partial charge in [0.15, 0.2) is 0 Å². The van der Waals surface area contributed by atoms with Gasteiger partial charge in [-0.3, -0.25) is 5.14 Å². The molecule has 0 aliphatic rings. The van der Waals surface area contributed by atoms with Crippen molar-refractivity contribution in [2.24, 2.45) is 5.14 Å². The maximum absolute atomic E-state index is 5.65. The van der Waals surface area contributed by atoms with Gasteiger partial charge in [0.1, 0.15) is 0 Å². The quantitative estimate of drug-likeness (QED) is 0.637. The van der Waals surface area contributed by atoms with Gasteiger partial charge in [0.2, 0.25) is 0 Å². The predicted octanol–water partition coefficient (Wildman–Crippen LogP) is 2.31. The third-order valence-corrected chi connectivity index (χ3v) is 1.69. The molecule has 0 amide bonds. The second-order valence-corrected chi connectivity index (χ2v) is 2.72. The molecule has 1 aromatic rings. The number of halogens is 1. The molecule has 48 valence electrons. The van der Waals surface area contributed by atoms with Crippen LogP contribution in [-0.4, -0.2) is 0 Å². The minimum absolute atomic E-state index is 0.727. The molecule has 0 heterocycles. The number of benzene rings is 1. The summed E-state index contributed by atoms with van der Waals surface area (Å²) in [4.78, 5) is 0.988. The average Bonchev–Trinajstić information content (AvgIpc) is 1.88. The Bertz CT molecular complexity index is 202. The molecular weight excluding hydrogens is 154 g/mol. The molecule has 1 nitrogen and oxygen atoms in total. The van der Waals surface area contributed by atoms with Gasteiger partial charge in [-0.05, 0) is 30.1 Å². The van der Waals surface area contributed by atoms with E-state index < -0.39 is 0 Å². The lowest BCUT2D eigenvalue weighted by molar-refractivity contribution is 1.46. The molecule has 0 spiro atoms. The molecule has 0 aromatic heterocycles. The highest BCUT2D eigenvalue weighted by atomic mass is 35.5. The van der Waals surface area contributed by atoms with Crippen molar-refractivity contribution in [3.63, 3.8) is 0 Å². The first-order valence-corrected chi connectivity index (χ1v) is 3.71. The molecule has 0 fully saturated rings. The highest BCUT2D eigenvalue weighted by Crippen LogP contribution is 2.16. The van der Waals surface area contributed by atoms with E-state index in [1.165, 1.54) is 11.9 Å². The lowest BCUT2D eigenvalue weighted by atomic mass is 10.4. The third-order valence-electron chi connectivity index (χ3n) is 0.932. The van der Waals surface area contributed by atoms with Crippen LogP contribution in [0.25, 0.3) is 0 Å². The number of nitrogens with two attached hydrogens (primary N) is 1. The molecule has 0 aliphatic carbocycles. The molecule has 0 radical (unpaired) electrons. The molecule has 0 saturated heterocycles. The van der Waals surface area contributed by atoms with E-state index in [9.17, 15) is 0 Å². The monoisotopic (exact) mass is 159 g/mol. The highest BCUT2D eigenvalue weighted by Gasteiger charge is 1.88. The standard InChI is InChI=1S/C6H6ClNS/c7-5-2-1-3-6(4-5)9-8/h1-4H,8H2. The summed E-state index contributed by atoms with van der Waals surface area (Å²) in [5.74, 6) is 0. The summed E-state index contributed by atoms with van der Waals surface area (Å²) in [7, 11) is 0. The van der Waals surface area contributed by atoms with Crippen molar-refractivity contribution in [1.82, 2.24) is 0 Å². The van der Waals surface area contributed by atoms with Crippen molar-refractivity contribution in [3.05, 3.63) is 29.3 Å². The minimum atomic E-state index is 0.727. The third kappa shape index (κ3) is 1.90. The van der Waals surface area contributed by atoms with Crippen LogP contribution in [-0.2, 0) is 0 Å². The Kier molecular flexibility index (Phi) is 2.39. The van der Waals surface area contributed by atoms with Gasteiger partial charge in [-0.25, -0.2) is 0 Å². The van der Waals surface area contributed by atoms with Crippen LogP contribution in [0.15, 0.2) is 29.2 Å². The van der Waals surface area contributed by atoms with E-state index in [1.807, 2.05) is 24.3 Å². The van der Waals surface area contributed by atoms with Crippen LogP contribution in [0.2, 0.25) is 5.02 Å². The van der Waals surface area contributed by atoms with E-state index in [0.29, 0.717) is 0 Å². The zero-order valence-electron chi connectivity index (χ0n) is 4.67. The lowest BCUT2D eigenvalue weighted by Crippen LogP contribution is -1.77. The van der Waals surface area contributed by atoms with Crippen molar-refractivity contribution < 1.29 is 0 Å². The largest absolute Gasteiger partial charge is 0.274 e. The molecule has 2 N–H and O–H groups in total. The summed E-state index contributed by atoms with van der Waals surface area (Å²) in [6.07, 6.45) is 0. The Labute approximate surface area is 63.3 Å². The summed E-state index contributed by atoms with van der Waals surface area (Å²) in [6, 6.07) is 7.43. The SMILES string of the molecule is NSc1cccc(Cl)c1. The van der Waals surface area contributed by atoms with E-state index in [0.717, 1.165) is 9.92 Å². The fourth-order valence-corrected chi connectivity index (χ4v) is 1.15. The van der Waals surface area contributed by atoms with Gasteiger partial charge in [0.05, 0.1) is 0 Å². The Balaban J connectivity index is 2.94. The number of rotatable bonds is 1. The van der Waals surface area contributed by atoms with Crippen LogP contribution in [0.1, 0.15) is 0 Å². The van der Waals surface area contributed by atoms with Crippen LogP contribution in [0.3, 0.4) is 0 Å².